The van der Waals surface area contributed by atoms with Crippen molar-refractivity contribution in [3.63, 3.8) is 0 Å². The highest BCUT2D eigenvalue weighted by Crippen LogP contribution is 2.23. The van der Waals surface area contributed by atoms with Gasteiger partial charge in [0, 0.05) is 13.0 Å². The minimum atomic E-state index is -0.401. The van der Waals surface area contributed by atoms with Crippen LogP contribution in [0.3, 0.4) is 0 Å². The van der Waals surface area contributed by atoms with E-state index in [0.29, 0.717) is 0 Å². The summed E-state index contributed by atoms with van der Waals surface area (Å²) in [5.41, 5.74) is 6.92. The molecule has 0 bridgehead atoms. The van der Waals surface area contributed by atoms with Crippen LogP contribution in [-0.4, -0.2) is 12.3 Å². The minimum absolute atomic E-state index is 0.401. The van der Waals surface area contributed by atoms with Crippen molar-refractivity contribution in [1.29, 1.82) is 0 Å². The van der Waals surface area contributed by atoms with Crippen LogP contribution in [0.15, 0.2) is 30.3 Å². The smallest absolute Gasteiger partial charge is 0.120 e. The number of nitrogens with two attached hydrogens (primary N) is 1. The maximum Gasteiger partial charge on any atom is 0.120 e. The Morgan fingerprint density at radius 2 is 2.08 bits per heavy atom. The fourth-order valence-corrected chi connectivity index (χ4v) is 1.80. The average molecular weight is 177 g/mol. The van der Waals surface area contributed by atoms with Gasteiger partial charge in [-0.3, -0.25) is 0 Å². The standard InChI is InChI=1S/C11H15NO/c12-11(7-4-8-13-11)9-10-5-2-1-3-6-10/h1-3,5-6H,4,7-9,12H2. The second kappa shape index (κ2) is 3.48. The van der Waals surface area contributed by atoms with Gasteiger partial charge in [0.1, 0.15) is 5.72 Å². The Bertz CT molecular complexity index is 265. The van der Waals surface area contributed by atoms with Gasteiger partial charge in [0.05, 0.1) is 0 Å². The third kappa shape index (κ3) is 2.08. The highest BCUT2D eigenvalue weighted by molar-refractivity contribution is 5.16. The second-order valence-corrected chi connectivity index (χ2v) is 3.68. The van der Waals surface area contributed by atoms with Gasteiger partial charge in [0.15, 0.2) is 0 Å². The number of hydrogen-bond donors (Lipinski definition) is 1. The minimum Gasteiger partial charge on any atom is -0.361 e. The molecular weight excluding hydrogens is 162 g/mol. The number of rotatable bonds is 2. The molecule has 2 nitrogen and oxygen atoms in total. The highest BCUT2D eigenvalue weighted by atomic mass is 16.5. The Morgan fingerprint density at radius 1 is 1.31 bits per heavy atom. The summed E-state index contributed by atoms with van der Waals surface area (Å²) in [4.78, 5) is 0. The summed E-state index contributed by atoms with van der Waals surface area (Å²) in [6.07, 6.45) is 2.89. The van der Waals surface area contributed by atoms with Crippen LogP contribution < -0.4 is 5.73 Å². The van der Waals surface area contributed by atoms with Crippen LogP contribution in [0.4, 0.5) is 0 Å². The van der Waals surface area contributed by atoms with E-state index in [9.17, 15) is 0 Å². The van der Waals surface area contributed by atoms with Gasteiger partial charge in [-0.15, -0.1) is 0 Å². The maximum atomic E-state index is 6.07. The first-order valence-electron chi connectivity index (χ1n) is 4.75. The molecule has 0 aromatic heterocycles. The summed E-state index contributed by atoms with van der Waals surface area (Å²) < 4.78 is 5.52. The Hall–Kier alpha value is -0.860. The Morgan fingerprint density at radius 3 is 2.69 bits per heavy atom. The van der Waals surface area contributed by atoms with Crippen LogP contribution >= 0.6 is 0 Å². The first-order valence-corrected chi connectivity index (χ1v) is 4.75. The first kappa shape index (κ1) is 8.73. The second-order valence-electron chi connectivity index (χ2n) is 3.68. The summed E-state index contributed by atoms with van der Waals surface area (Å²) in [5, 5.41) is 0. The lowest BCUT2D eigenvalue weighted by Crippen LogP contribution is -2.40. The molecule has 1 aromatic carbocycles. The van der Waals surface area contributed by atoms with E-state index >= 15 is 0 Å². The summed E-state index contributed by atoms with van der Waals surface area (Å²) in [6.45, 7) is 0.809. The topological polar surface area (TPSA) is 35.2 Å². The molecule has 0 spiro atoms. The third-order valence-electron chi connectivity index (χ3n) is 2.48. The summed E-state index contributed by atoms with van der Waals surface area (Å²) >= 11 is 0. The molecule has 1 saturated heterocycles. The predicted molar refractivity (Wildman–Crippen MR) is 52.3 cm³/mol. The molecule has 1 fully saturated rings. The van der Waals surface area contributed by atoms with Crippen LogP contribution in [-0.2, 0) is 11.2 Å². The van der Waals surface area contributed by atoms with E-state index in [1.54, 1.807) is 0 Å². The van der Waals surface area contributed by atoms with E-state index in [0.717, 1.165) is 25.9 Å². The molecule has 0 radical (unpaired) electrons. The molecule has 0 aliphatic carbocycles. The molecule has 2 rings (SSSR count). The molecule has 2 N–H and O–H groups in total. The van der Waals surface area contributed by atoms with E-state index < -0.39 is 5.72 Å². The highest BCUT2D eigenvalue weighted by Gasteiger charge is 2.30. The van der Waals surface area contributed by atoms with Gasteiger partial charge in [-0.25, -0.2) is 0 Å². The third-order valence-corrected chi connectivity index (χ3v) is 2.48. The first-order chi connectivity index (χ1) is 6.29. The summed E-state index contributed by atoms with van der Waals surface area (Å²) in [5.74, 6) is 0. The van der Waals surface area contributed by atoms with Crippen molar-refractivity contribution in [2.75, 3.05) is 6.61 Å². The van der Waals surface area contributed by atoms with Gasteiger partial charge in [-0.1, -0.05) is 30.3 Å². The van der Waals surface area contributed by atoms with Gasteiger partial charge >= 0.3 is 0 Å². The molecule has 1 aliphatic rings. The molecule has 1 atom stereocenters. The molecular formula is C11H15NO. The Balaban J connectivity index is 2.05. The Kier molecular flexibility index (Phi) is 2.34. The van der Waals surface area contributed by atoms with E-state index in [-0.39, 0.29) is 0 Å². The van der Waals surface area contributed by atoms with Gasteiger partial charge in [0.25, 0.3) is 0 Å². The Labute approximate surface area is 78.7 Å². The molecule has 0 saturated carbocycles. The van der Waals surface area contributed by atoms with Crippen molar-refractivity contribution in [2.45, 2.75) is 25.0 Å². The largest absolute Gasteiger partial charge is 0.361 e. The van der Waals surface area contributed by atoms with Crippen LogP contribution in [0.5, 0.6) is 0 Å². The zero-order valence-electron chi connectivity index (χ0n) is 7.70. The molecule has 1 unspecified atom stereocenters. The quantitative estimate of drug-likeness (QED) is 0.746. The van der Waals surface area contributed by atoms with Gasteiger partial charge < -0.3 is 10.5 Å². The monoisotopic (exact) mass is 177 g/mol. The lowest BCUT2D eigenvalue weighted by Gasteiger charge is -2.22. The summed E-state index contributed by atoms with van der Waals surface area (Å²) in [6, 6.07) is 10.3. The zero-order valence-corrected chi connectivity index (χ0v) is 7.70. The fourth-order valence-electron chi connectivity index (χ4n) is 1.80. The number of benzene rings is 1. The lowest BCUT2D eigenvalue weighted by atomic mass is 10.0. The SMILES string of the molecule is NC1(Cc2ccccc2)CCCO1. The predicted octanol–water partition coefficient (Wildman–Crippen LogP) is 1.69. The normalized spacial score (nSPS) is 27.8. The fraction of sp³-hybridized carbons (Fsp3) is 0.455. The van der Waals surface area contributed by atoms with Crippen molar-refractivity contribution in [3.8, 4) is 0 Å². The number of hydrogen-bond acceptors (Lipinski definition) is 2. The summed E-state index contributed by atoms with van der Waals surface area (Å²) in [7, 11) is 0. The lowest BCUT2D eigenvalue weighted by molar-refractivity contribution is 0.0100. The molecule has 0 amide bonds. The zero-order chi connectivity index (χ0) is 9.15. The van der Waals surface area contributed by atoms with Crippen molar-refractivity contribution < 1.29 is 4.74 Å². The number of ether oxygens (including phenoxy) is 1. The van der Waals surface area contributed by atoms with Crippen LogP contribution in [0.1, 0.15) is 18.4 Å². The van der Waals surface area contributed by atoms with Crippen LogP contribution in [0.2, 0.25) is 0 Å². The van der Waals surface area contributed by atoms with Gasteiger partial charge in [-0.05, 0) is 18.4 Å². The van der Waals surface area contributed by atoms with Crippen LogP contribution in [0.25, 0.3) is 0 Å². The van der Waals surface area contributed by atoms with Crippen molar-refractivity contribution >= 4 is 0 Å². The van der Waals surface area contributed by atoms with Crippen molar-refractivity contribution in [1.82, 2.24) is 0 Å². The van der Waals surface area contributed by atoms with E-state index in [1.807, 2.05) is 18.2 Å². The maximum absolute atomic E-state index is 6.07. The van der Waals surface area contributed by atoms with Crippen molar-refractivity contribution in [3.05, 3.63) is 35.9 Å². The van der Waals surface area contributed by atoms with Crippen molar-refractivity contribution in [2.24, 2.45) is 5.73 Å². The molecule has 13 heavy (non-hydrogen) atoms. The van der Waals surface area contributed by atoms with E-state index in [2.05, 4.69) is 12.1 Å². The van der Waals surface area contributed by atoms with Gasteiger partial charge in [0.2, 0.25) is 0 Å². The molecule has 2 heteroatoms. The molecule has 70 valence electrons. The van der Waals surface area contributed by atoms with Gasteiger partial charge in [-0.2, -0.15) is 0 Å². The average Bonchev–Trinajstić information content (AvgIpc) is 2.54. The van der Waals surface area contributed by atoms with E-state index in [4.69, 9.17) is 10.5 Å². The molecule has 1 aliphatic heterocycles. The van der Waals surface area contributed by atoms with E-state index in [1.165, 1.54) is 5.56 Å². The van der Waals surface area contributed by atoms with Crippen LogP contribution in [0, 0.1) is 0 Å². The molecule has 1 heterocycles. The molecule has 1 aromatic rings.